The second-order valence-corrected chi connectivity index (χ2v) is 7.12. The largest absolute Gasteiger partial charge is 0.354 e. The highest BCUT2D eigenvalue weighted by atomic mass is 32.2. The minimum Gasteiger partial charge on any atom is -0.354 e. The Bertz CT molecular complexity index is 352. The maximum atomic E-state index is 11.6. The van der Waals surface area contributed by atoms with Crippen molar-refractivity contribution >= 4 is 15.9 Å². The van der Waals surface area contributed by atoms with Gasteiger partial charge in [-0.2, -0.15) is 0 Å². The number of hydrogen-bond acceptors (Lipinski definition) is 3. The lowest BCUT2D eigenvalue weighted by molar-refractivity contribution is -0.121. The molecule has 0 radical (unpaired) electrons. The second kappa shape index (κ2) is 7.74. The smallest absolute Gasteiger partial charge is 0.221 e. The molecule has 0 aromatic carbocycles. The van der Waals surface area contributed by atoms with Crippen LogP contribution in [0.5, 0.6) is 0 Å². The maximum absolute atomic E-state index is 11.6. The highest BCUT2D eigenvalue weighted by Crippen LogP contribution is 2.05. The number of carbonyl (C=O) groups excluding carboxylic acids is 1. The summed E-state index contributed by atoms with van der Waals surface area (Å²) >= 11 is 0. The standard InChI is InChI=1S/C12H26N2O3S/c1-6-11(4)13-12(15)7-8-14(9-10(2)3)18(5,16)17/h10-11H,6-9H2,1-5H3,(H,13,15). The minimum absolute atomic E-state index is 0.0956. The fraction of sp³-hybridized carbons (Fsp3) is 0.917. The number of rotatable bonds is 8. The summed E-state index contributed by atoms with van der Waals surface area (Å²) in [6.07, 6.45) is 2.26. The van der Waals surface area contributed by atoms with E-state index in [1.54, 1.807) is 0 Å². The van der Waals surface area contributed by atoms with Crippen molar-refractivity contribution in [3.05, 3.63) is 0 Å². The van der Waals surface area contributed by atoms with E-state index >= 15 is 0 Å². The average Bonchev–Trinajstić information content (AvgIpc) is 2.21. The molecular weight excluding hydrogens is 252 g/mol. The third kappa shape index (κ3) is 7.66. The van der Waals surface area contributed by atoms with Crippen molar-refractivity contribution in [2.45, 2.75) is 46.6 Å². The molecule has 5 nitrogen and oxygen atoms in total. The van der Waals surface area contributed by atoms with E-state index < -0.39 is 10.0 Å². The molecule has 1 unspecified atom stereocenters. The third-order valence-corrected chi connectivity index (χ3v) is 3.92. The van der Waals surface area contributed by atoms with Crippen molar-refractivity contribution in [2.24, 2.45) is 5.92 Å². The van der Waals surface area contributed by atoms with Crippen LogP contribution in [0.2, 0.25) is 0 Å². The predicted octanol–water partition coefficient (Wildman–Crippen LogP) is 1.21. The summed E-state index contributed by atoms with van der Waals surface area (Å²) in [6, 6.07) is 0.134. The molecule has 1 atom stereocenters. The average molecular weight is 278 g/mol. The zero-order valence-electron chi connectivity index (χ0n) is 12.1. The van der Waals surface area contributed by atoms with E-state index in [1.165, 1.54) is 10.6 Å². The van der Waals surface area contributed by atoms with Crippen LogP contribution in [0, 0.1) is 5.92 Å². The molecule has 0 rings (SSSR count). The first-order valence-corrected chi connectivity index (χ1v) is 8.26. The summed E-state index contributed by atoms with van der Waals surface area (Å²) in [5, 5.41) is 2.83. The van der Waals surface area contributed by atoms with Crippen molar-refractivity contribution in [3.63, 3.8) is 0 Å². The Labute approximate surface area is 111 Å². The van der Waals surface area contributed by atoms with E-state index in [0.29, 0.717) is 6.54 Å². The van der Waals surface area contributed by atoms with Gasteiger partial charge in [0.2, 0.25) is 15.9 Å². The van der Waals surface area contributed by atoms with Gasteiger partial charge in [-0.05, 0) is 19.3 Å². The van der Waals surface area contributed by atoms with Crippen LogP contribution in [-0.4, -0.2) is 44.0 Å². The molecule has 0 aromatic heterocycles. The van der Waals surface area contributed by atoms with Crippen molar-refractivity contribution < 1.29 is 13.2 Å². The Morgan fingerprint density at radius 3 is 2.22 bits per heavy atom. The summed E-state index contributed by atoms with van der Waals surface area (Å²) in [7, 11) is -3.24. The van der Waals surface area contributed by atoms with Crippen molar-refractivity contribution in [1.29, 1.82) is 0 Å². The lowest BCUT2D eigenvalue weighted by atomic mass is 10.2. The van der Waals surface area contributed by atoms with Gasteiger partial charge in [-0.3, -0.25) is 4.79 Å². The van der Waals surface area contributed by atoms with Gasteiger partial charge in [-0.15, -0.1) is 0 Å². The lowest BCUT2D eigenvalue weighted by Crippen LogP contribution is -2.38. The van der Waals surface area contributed by atoms with Crippen LogP contribution in [-0.2, 0) is 14.8 Å². The van der Waals surface area contributed by atoms with Crippen molar-refractivity contribution in [3.8, 4) is 0 Å². The first kappa shape index (κ1) is 17.4. The molecule has 0 aliphatic heterocycles. The number of nitrogens with one attached hydrogen (secondary N) is 1. The number of hydrogen-bond donors (Lipinski definition) is 1. The Morgan fingerprint density at radius 1 is 1.28 bits per heavy atom. The molecule has 18 heavy (non-hydrogen) atoms. The molecule has 0 aromatic rings. The Morgan fingerprint density at radius 2 is 1.83 bits per heavy atom. The number of carbonyl (C=O) groups is 1. The highest BCUT2D eigenvalue weighted by molar-refractivity contribution is 7.88. The third-order valence-electron chi connectivity index (χ3n) is 2.65. The van der Waals surface area contributed by atoms with Crippen LogP contribution in [0.25, 0.3) is 0 Å². The normalized spacial score (nSPS) is 13.9. The van der Waals surface area contributed by atoms with Crippen LogP contribution in [0.4, 0.5) is 0 Å². The van der Waals surface area contributed by atoms with Crippen molar-refractivity contribution in [2.75, 3.05) is 19.3 Å². The molecule has 0 heterocycles. The molecule has 6 heteroatoms. The summed E-state index contributed by atoms with van der Waals surface area (Å²) in [4.78, 5) is 11.6. The van der Waals surface area contributed by atoms with Gasteiger partial charge in [0.25, 0.3) is 0 Å². The molecular formula is C12H26N2O3S. The SMILES string of the molecule is CCC(C)NC(=O)CCN(CC(C)C)S(C)(=O)=O. The first-order valence-electron chi connectivity index (χ1n) is 6.41. The molecule has 0 bridgehead atoms. The van der Waals surface area contributed by atoms with Gasteiger partial charge in [0, 0.05) is 25.6 Å². The van der Waals surface area contributed by atoms with E-state index in [0.717, 1.165) is 6.42 Å². The molecule has 1 amide bonds. The zero-order chi connectivity index (χ0) is 14.3. The molecule has 0 spiro atoms. The molecule has 1 N–H and O–H groups in total. The van der Waals surface area contributed by atoms with Gasteiger partial charge in [0.05, 0.1) is 6.26 Å². The van der Waals surface area contributed by atoms with Crippen LogP contribution < -0.4 is 5.32 Å². The van der Waals surface area contributed by atoms with Crippen LogP contribution in [0.15, 0.2) is 0 Å². The quantitative estimate of drug-likeness (QED) is 0.725. The zero-order valence-corrected chi connectivity index (χ0v) is 12.9. The summed E-state index contributed by atoms with van der Waals surface area (Å²) in [5.74, 6) is 0.152. The fourth-order valence-electron chi connectivity index (χ4n) is 1.48. The van der Waals surface area contributed by atoms with Gasteiger partial charge < -0.3 is 5.32 Å². The van der Waals surface area contributed by atoms with Crippen LogP contribution in [0.3, 0.4) is 0 Å². The minimum atomic E-state index is -3.24. The molecule has 108 valence electrons. The molecule has 0 aliphatic rings. The second-order valence-electron chi connectivity index (χ2n) is 5.14. The van der Waals surface area contributed by atoms with Crippen molar-refractivity contribution in [1.82, 2.24) is 9.62 Å². The Balaban J connectivity index is 4.32. The molecule has 0 saturated carbocycles. The van der Waals surface area contributed by atoms with E-state index in [1.807, 2.05) is 27.7 Å². The Kier molecular flexibility index (Phi) is 7.47. The fourth-order valence-corrected chi connectivity index (χ4v) is 2.47. The summed E-state index contributed by atoms with van der Waals surface area (Å²) in [6.45, 7) is 8.54. The lowest BCUT2D eigenvalue weighted by Gasteiger charge is -2.22. The summed E-state index contributed by atoms with van der Waals surface area (Å²) in [5.41, 5.74) is 0. The van der Waals surface area contributed by atoms with Gasteiger partial charge in [0.15, 0.2) is 0 Å². The van der Waals surface area contributed by atoms with E-state index in [-0.39, 0.29) is 30.8 Å². The van der Waals surface area contributed by atoms with Gasteiger partial charge in [-0.1, -0.05) is 20.8 Å². The number of nitrogens with zero attached hydrogens (tertiary/aromatic N) is 1. The van der Waals surface area contributed by atoms with Gasteiger partial charge >= 0.3 is 0 Å². The first-order chi connectivity index (χ1) is 8.16. The topological polar surface area (TPSA) is 66.5 Å². The monoisotopic (exact) mass is 278 g/mol. The maximum Gasteiger partial charge on any atom is 0.221 e. The van der Waals surface area contributed by atoms with E-state index in [4.69, 9.17) is 0 Å². The molecule has 0 fully saturated rings. The van der Waals surface area contributed by atoms with Gasteiger partial charge in [-0.25, -0.2) is 12.7 Å². The van der Waals surface area contributed by atoms with E-state index in [2.05, 4.69) is 5.32 Å². The van der Waals surface area contributed by atoms with Gasteiger partial charge in [0.1, 0.15) is 0 Å². The van der Waals surface area contributed by atoms with E-state index in [9.17, 15) is 13.2 Å². The number of sulfonamides is 1. The van der Waals surface area contributed by atoms with Crippen LogP contribution in [0.1, 0.15) is 40.5 Å². The van der Waals surface area contributed by atoms with Crippen LogP contribution >= 0.6 is 0 Å². The molecule has 0 saturated heterocycles. The predicted molar refractivity (Wildman–Crippen MR) is 73.8 cm³/mol. The highest BCUT2D eigenvalue weighted by Gasteiger charge is 2.19. The molecule has 0 aliphatic carbocycles. The number of amides is 1. The summed E-state index contributed by atoms with van der Waals surface area (Å²) < 4.78 is 24.5. The Hall–Kier alpha value is -0.620.